The minimum Gasteiger partial charge on any atom is -0.481 e. The van der Waals surface area contributed by atoms with Gasteiger partial charge in [0.05, 0.1) is 12.8 Å². The zero-order valence-electron chi connectivity index (χ0n) is 9.02. The van der Waals surface area contributed by atoms with Crippen LogP contribution in [0.25, 0.3) is 0 Å². The molecule has 0 bridgehead atoms. The monoisotopic (exact) mass is 297 g/mol. The molecule has 1 aromatic heterocycles. The molecule has 0 atom stereocenters. The number of halogens is 4. The van der Waals surface area contributed by atoms with Crippen molar-refractivity contribution in [3.8, 4) is 5.88 Å². The van der Waals surface area contributed by atoms with Crippen LogP contribution >= 0.6 is 15.9 Å². The van der Waals surface area contributed by atoms with Gasteiger partial charge in [-0.15, -0.1) is 0 Å². The van der Waals surface area contributed by atoms with Crippen LogP contribution in [-0.4, -0.2) is 12.1 Å². The van der Waals surface area contributed by atoms with Gasteiger partial charge >= 0.3 is 6.18 Å². The first-order valence-corrected chi connectivity index (χ1v) is 5.38. The summed E-state index contributed by atoms with van der Waals surface area (Å²) in [4.78, 5) is 3.87. The van der Waals surface area contributed by atoms with Crippen molar-refractivity contribution < 1.29 is 17.9 Å². The fourth-order valence-corrected chi connectivity index (χ4v) is 2.02. The summed E-state index contributed by atoms with van der Waals surface area (Å²) in [5.41, 5.74) is -0.323. The third-order valence-electron chi connectivity index (χ3n) is 2.01. The van der Waals surface area contributed by atoms with E-state index in [0.29, 0.717) is 10.2 Å². The van der Waals surface area contributed by atoms with Gasteiger partial charge in [0.1, 0.15) is 5.56 Å². The quantitative estimate of drug-likeness (QED) is 0.823. The zero-order chi connectivity index (χ0) is 12.5. The summed E-state index contributed by atoms with van der Waals surface area (Å²) in [6.45, 7) is 3.69. The lowest BCUT2D eigenvalue weighted by Crippen LogP contribution is -2.10. The van der Waals surface area contributed by atoms with Crippen molar-refractivity contribution >= 4 is 15.9 Å². The molecule has 0 spiro atoms. The van der Waals surface area contributed by atoms with Crippen molar-refractivity contribution in [1.82, 2.24) is 4.98 Å². The average Bonchev–Trinajstić information content (AvgIpc) is 2.15. The minimum atomic E-state index is -4.46. The molecule has 0 fully saturated rings. The molecule has 0 saturated carbocycles. The Hall–Kier alpha value is -0.780. The maximum atomic E-state index is 12.6. The van der Waals surface area contributed by atoms with E-state index in [2.05, 4.69) is 25.7 Å². The lowest BCUT2D eigenvalue weighted by molar-refractivity contribution is -0.139. The molecule has 0 aliphatic carbocycles. The average molecular weight is 298 g/mol. The first kappa shape index (κ1) is 13.3. The molecule has 0 aliphatic heterocycles. The highest BCUT2D eigenvalue weighted by Crippen LogP contribution is 2.38. The van der Waals surface area contributed by atoms with Crippen LogP contribution in [0.2, 0.25) is 0 Å². The Kier molecular flexibility index (Phi) is 3.83. The zero-order valence-corrected chi connectivity index (χ0v) is 10.6. The third kappa shape index (κ3) is 2.66. The topological polar surface area (TPSA) is 22.1 Å². The van der Waals surface area contributed by atoms with E-state index in [9.17, 15) is 13.2 Å². The molecule has 0 saturated heterocycles. The number of rotatable bonds is 2. The lowest BCUT2D eigenvalue weighted by atomic mass is 10.1. The summed E-state index contributed by atoms with van der Waals surface area (Å²) in [5, 5.41) is 0. The maximum Gasteiger partial charge on any atom is 0.421 e. The summed E-state index contributed by atoms with van der Waals surface area (Å²) in [5.74, 6) is -0.370. The second-order valence-electron chi connectivity index (χ2n) is 3.56. The summed E-state index contributed by atoms with van der Waals surface area (Å²) >= 11 is 3.09. The highest BCUT2D eigenvalue weighted by Gasteiger charge is 2.36. The predicted molar refractivity (Wildman–Crippen MR) is 57.6 cm³/mol. The van der Waals surface area contributed by atoms with Crippen LogP contribution in [0.15, 0.2) is 10.5 Å². The number of methoxy groups -OCH3 is 1. The highest BCUT2D eigenvalue weighted by atomic mass is 79.9. The summed E-state index contributed by atoms with van der Waals surface area (Å²) in [7, 11) is 1.18. The molecule has 1 aromatic rings. The van der Waals surface area contributed by atoms with E-state index in [1.54, 1.807) is 0 Å². The molecule has 90 valence electrons. The van der Waals surface area contributed by atoms with Crippen LogP contribution in [0.4, 0.5) is 13.2 Å². The molecule has 1 heterocycles. The fraction of sp³-hybridized carbons (Fsp3) is 0.500. The van der Waals surface area contributed by atoms with Crippen molar-refractivity contribution in [2.75, 3.05) is 7.11 Å². The molecule has 0 unspecified atom stereocenters. The molecule has 0 amide bonds. The number of pyridine rings is 1. The van der Waals surface area contributed by atoms with Gasteiger partial charge in [-0.3, -0.25) is 0 Å². The van der Waals surface area contributed by atoms with E-state index in [4.69, 9.17) is 0 Å². The summed E-state index contributed by atoms with van der Waals surface area (Å²) in [6.07, 6.45) is -4.46. The van der Waals surface area contributed by atoms with E-state index < -0.39 is 11.7 Å². The van der Waals surface area contributed by atoms with Gasteiger partial charge < -0.3 is 4.74 Å². The largest absolute Gasteiger partial charge is 0.481 e. The molecule has 0 aliphatic rings. The van der Waals surface area contributed by atoms with Crippen molar-refractivity contribution in [2.45, 2.75) is 25.9 Å². The summed E-state index contributed by atoms with van der Waals surface area (Å²) in [6, 6.07) is 1.00. The number of nitrogens with zero attached hydrogens (tertiary/aromatic N) is 1. The number of aromatic nitrogens is 1. The maximum absolute atomic E-state index is 12.6. The van der Waals surface area contributed by atoms with Gasteiger partial charge in [0, 0.05) is 4.47 Å². The fourth-order valence-electron chi connectivity index (χ4n) is 1.25. The van der Waals surface area contributed by atoms with Crippen LogP contribution in [0.3, 0.4) is 0 Å². The third-order valence-corrected chi connectivity index (χ3v) is 2.65. The second kappa shape index (κ2) is 4.61. The molecular formula is C10H11BrF3NO. The predicted octanol–water partition coefficient (Wildman–Crippen LogP) is 3.99. The Balaban J connectivity index is 3.38. The molecule has 6 heteroatoms. The Morgan fingerprint density at radius 3 is 2.31 bits per heavy atom. The number of hydrogen-bond donors (Lipinski definition) is 0. The van der Waals surface area contributed by atoms with Crippen LogP contribution in [0, 0.1) is 0 Å². The van der Waals surface area contributed by atoms with Gasteiger partial charge in [-0.2, -0.15) is 13.2 Å². The molecule has 16 heavy (non-hydrogen) atoms. The van der Waals surface area contributed by atoms with Crippen molar-refractivity contribution in [2.24, 2.45) is 0 Å². The van der Waals surface area contributed by atoms with Crippen LogP contribution in [0.5, 0.6) is 5.88 Å². The normalized spacial score (nSPS) is 12.0. The Labute approximate surface area is 100.0 Å². The lowest BCUT2D eigenvalue weighted by Gasteiger charge is -2.15. The van der Waals surface area contributed by atoms with Gasteiger partial charge in [0.2, 0.25) is 5.88 Å². The van der Waals surface area contributed by atoms with E-state index in [1.165, 1.54) is 7.11 Å². The molecule has 0 N–H and O–H groups in total. The van der Waals surface area contributed by atoms with E-state index in [1.807, 2.05) is 13.8 Å². The van der Waals surface area contributed by atoms with Gasteiger partial charge in [-0.1, -0.05) is 13.8 Å². The SMILES string of the molecule is COc1nc(C(C)C)c(Br)cc1C(F)(F)F. The van der Waals surface area contributed by atoms with Crippen molar-refractivity contribution in [3.63, 3.8) is 0 Å². The number of alkyl halides is 3. The van der Waals surface area contributed by atoms with Crippen LogP contribution in [-0.2, 0) is 6.18 Å². The van der Waals surface area contributed by atoms with Gasteiger partial charge in [-0.25, -0.2) is 4.98 Å². The highest BCUT2D eigenvalue weighted by molar-refractivity contribution is 9.10. The van der Waals surface area contributed by atoms with E-state index in [0.717, 1.165) is 6.07 Å². The van der Waals surface area contributed by atoms with E-state index >= 15 is 0 Å². The standard InChI is InChI=1S/C10H11BrF3NO/c1-5(2)8-7(11)4-6(10(12,13)14)9(15-8)16-3/h4-5H,1-3H3. The van der Waals surface area contributed by atoms with Gasteiger partial charge in [0.25, 0.3) is 0 Å². The van der Waals surface area contributed by atoms with Crippen molar-refractivity contribution in [3.05, 3.63) is 21.8 Å². The first-order valence-electron chi connectivity index (χ1n) is 4.59. The first-order chi connectivity index (χ1) is 7.27. The van der Waals surface area contributed by atoms with Gasteiger partial charge in [-0.05, 0) is 27.9 Å². The summed E-state index contributed by atoms with van der Waals surface area (Å²) < 4.78 is 42.8. The Morgan fingerprint density at radius 1 is 1.38 bits per heavy atom. The van der Waals surface area contributed by atoms with Crippen LogP contribution in [0.1, 0.15) is 31.0 Å². The van der Waals surface area contributed by atoms with Crippen LogP contribution < -0.4 is 4.74 Å². The molecule has 0 radical (unpaired) electrons. The van der Waals surface area contributed by atoms with E-state index in [-0.39, 0.29) is 11.8 Å². The van der Waals surface area contributed by atoms with Crippen molar-refractivity contribution in [1.29, 1.82) is 0 Å². The molecule has 1 rings (SSSR count). The molecular weight excluding hydrogens is 287 g/mol. The molecule has 0 aromatic carbocycles. The minimum absolute atomic E-state index is 0.0190. The number of ether oxygens (including phenoxy) is 1. The molecule has 2 nitrogen and oxygen atoms in total. The second-order valence-corrected chi connectivity index (χ2v) is 4.42. The Bertz CT molecular complexity index is 390. The Morgan fingerprint density at radius 2 is 1.94 bits per heavy atom. The number of hydrogen-bond acceptors (Lipinski definition) is 2. The van der Waals surface area contributed by atoms with Gasteiger partial charge in [0.15, 0.2) is 0 Å². The smallest absolute Gasteiger partial charge is 0.421 e.